The van der Waals surface area contributed by atoms with Gasteiger partial charge in [0.05, 0.1) is 18.8 Å². The second kappa shape index (κ2) is 6.77. The van der Waals surface area contributed by atoms with E-state index in [1.54, 1.807) is 16.0 Å². The molecule has 3 rings (SSSR count). The molecule has 3 heterocycles. The number of morpholine rings is 1. The minimum atomic E-state index is -0.0470. The number of hydrogen-bond acceptors (Lipinski definition) is 6. The van der Waals surface area contributed by atoms with E-state index in [4.69, 9.17) is 4.74 Å². The van der Waals surface area contributed by atoms with Crippen LogP contribution in [0.1, 0.15) is 22.5 Å². The highest BCUT2D eigenvalue weighted by atomic mass is 32.1. The molecule has 7 nitrogen and oxygen atoms in total. The Hall–Kier alpha value is -1.77. The Bertz CT molecular complexity index is 696. The van der Waals surface area contributed by atoms with Crippen LogP contribution < -0.4 is 5.32 Å². The molecule has 0 aromatic carbocycles. The van der Waals surface area contributed by atoms with Crippen LogP contribution in [-0.2, 0) is 16.6 Å². The first-order valence-corrected chi connectivity index (χ1v) is 8.45. The molecular formula is C15H21N5O2S. The number of ether oxygens (including phenoxy) is 1. The highest BCUT2D eigenvalue weighted by molar-refractivity contribution is 7.09. The van der Waals surface area contributed by atoms with E-state index in [9.17, 15) is 4.79 Å². The Balaban J connectivity index is 1.57. The number of aromatic nitrogens is 3. The molecule has 2 aromatic rings. The minimum absolute atomic E-state index is 0.0380. The molecule has 0 aliphatic carbocycles. The Morgan fingerprint density at radius 3 is 2.96 bits per heavy atom. The van der Waals surface area contributed by atoms with E-state index >= 15 is 0 Å². The molecule has 1 amide bonds. The lowest BCUT2D eigenvalue weighted by Crippen LogP contribution is -2.42. The predicted octanol–water partition coefficient (Wildman–Crippen LogP) is 1.51. The van der Waals surface area contributed by atoms with Crippen LogP contribution in [0.2, 0.25) is 0 Å². The molecule has 2 aromatic heterocycles. The Labute approximate surface area is 139 Å². The molecule has 1 N–H and O–H groups in total. The summed E-state index contributed by atoms with van der Waals surface area (Å²) in [6, 6.07) is 1.86. The van der Waals surface area contributed by atoms with E-state index < -0.39 is 0 Å². The maximum atomic E-state index is 12.2. The summed E-state index contributed by atoms with van der Waals surface area (Å²) in [5, 5.41) is 10.1. The highest BCUT2D eigenvalue weighted by Gasteiger charge is 2.25. The van der Waals surface area contributed by atoms with Crippen molar-refractivity contribution < 1.29 is 9.53 Å². The number of rotatable bonds is 4. The predicted molar refractivity (Wildman–Crippen MR) is 88.6 cm³/mol. The Morgan fingerprint density at radius 1 is 1.48 bits per heavy atom. The molecule has 8 heteroatoms. The van der Waals surface area contributed by atoms with Crippen molar-refractivity contribution in [1.29, 1.82) is 0 Å². The summed E-state index contributed by atoms with van der Waals surface area (Å²) in [4.78, 5) is 18.8. The van der Waals surface area contributed by atoms with Gasteiger partial charge in [0, 0.05) is 37.3 Å². The molecule has 23 heavy (non-hydrogen) atoms. The second-order valence-electron chi connectivity index (χ2n) is 5.76. The van der Waals surface area contributed by atoms with Gasteiger partial charge in [-0.1, -0.05) is 0 Å². The number of nitrogens with zero attached hydrogens (tertiary/aromatic N) is 4. The zero-order valence-electron chi connectivity index (χ0n) is 13.6. The van der Waals surface area contributed by atoms with Crippen LogP contribution in [0.25, 0.3) is 0 Å². The SMILES string of the molecule is Cc1csc(C2CN(CC(=O)Nc3cc(C)nn3C)CCO2)n1. The largest absolute Gasteiger partial charge is 0.368 e. The second-order valence-corrected chi connectivity index (χ2v) is 6.65. The van der Waals surface area contributed by atoms with Crippen molar-refractivity contribution in [2.45, 2.75) is 20.0 Å². The fourth-order valence-corrected chi connectivity index (χ4v) is 3.46. The van der Waals surface area contributed by atoms with Crippen molar-refractivity contribution in [2.24, 2.45) is 7.05 Å². The number of aryl methyl sites for hydroxylation is 3. The van der Waals surface area contributed by atoms with Gasteiger partial charge in [0.1, 0.15) is 16.9 Å². The summed E-state index contributed by atoms with van der Waals surface area (Å²) in [5.74, 6) is 0.678. The standard InChI is InChI=1S/C15H21N5O2S/c1-10-6-13(19(3)18-10)17-14(21)8-20-4-5-22-12(7-20)15-16-11(2)9-23-15/h6,9,12H,4-5,7-8H2,1-3H3,(H,17,21). The van der Waals surface area contributed by atoms with Crippen LogP contribution in [0, 0.1) is 13.8 Å². The van der Waals surface area contributed by atoms with Crippen LogP contribution in [0.15, 0.2) is 11.4 Å². The summed E-state index contributed by atoms with van der Waals surface area (Å²) in [6.45, 7) is 6.27. The fraction of sp³-hybridized carbons (Fsp3) is 0.533. The van der Waals surface area contributed by atoms with E-state index in [0.29, 0.717) is 25.5 Å². The number of nitrogens with one attached hydrogen (secondary N) is 1. The summed E-state index contributed by atoms with van der Waals surface area (Å²) in [7, 11) is 1.82. The molecule has 1 saturated heterocycles. The van der Waals surface area contributed by atoms with Crippen LogP contribution in [0.3, 0.4) is 0 Å². The maximum Gasteiger partial charge on any atom is 0.239 e. The molecule has 1 aliphatic heterocycles. The van der Waals surface area contributed by atoms with Crippen molar-refractivity contribution in [3.8, 4) is 0 Å². The van der Waals surface area contributed by atoms with Gasteiger partial charge in [-0.25, -0.2) is 4.98 Å². The number of anilines is 1. The van der Waals surface area contributed by atoms with E-state index in [2.05, 4.69) is 20.3 Å². The van der Waals surface area contributed by atoms with Gasteiger partial charge in [0.25, 0.3) is 0 Å². The summed E-state index contributed by atoms with van der Waals surface area (Å²) < 4.78 is 7.46. The van der Waals surface area contributed by atoms with Gasteiger partial charge in [-0.3, -0.25) is 14.4 Å². The lowest BCUT2D eigenvalue weighted by atomic mass is 10.2. The number of thiazole rings is 1. The van der Waals surface area contributed by atoms with Gasteiger partial charge in [-0.05, 0) is 13.8 Å². The third-order valence-corrected chi connectivity index (χ3v) is 4.75. The number of carbonyl (C=O) groups excluding carboxylic acids is 1. The Morgan fingerprint density at radius 2 is 2.30 bits per heavy atom. The minimum Gasteiger partial charge on any atom is -0.368 e. The van der Waals surface area contributed by atoms with Crippen LogP contribution in [-0.4, -0.2) is 51.8 Å². The van der Waals surface area contributed by atoms with Gasteiger partial charge in [-0.2, -0.15) is 5.10 Å². The average Bonchev–Trinajstić information content (AvgIpc) is 3.05. The molecule has 1 aliphatic rings. The van der Waals surface area contributed by atoms with Gasteiger partial charge in [-0.15, -0.1) is 11.3 Å². The van der Waals surface area contributed by atoms with Crippen molar-refractivity contribution in [1.82, 2.24) is 19.7 Å². The summed E-state index contributed by atoms with van der Waals surface area (Å²) >= 11 is 1.61. The number of hydrogen-bond donors (Lipinski definition) is 1. The van der Waals surface area contributed by atoms with Crippen molar-refractivity contribution >= 4 is 23.1 Å². The normalized spacial score (nSPS) is 19.0. The van der Waals surface area contributed by atoms with Gasteiger partial charge < -0.3 is 10.1 Å². The lowest BCUT2D eigenvalue weighted by molar-refractivity contribution is -0.119. The summed E-state index contributed by atoms with van der Waals surface area (Å²) in [5.41, 5.74) is 1.89. The third-order valence-electron chi connectivity index (χ3n) is 3.70. The van der Waals surface area contributed by atoms with Crippen molar-refractivity contribution in [3.05, 3.63) is 27.8 Å². The van der Waals surface area contributed by atoms with Crippen molar-refractivity contribution in [3.63, 3.8) is 0 Å². The first kappa shape index (κ1) is 16.1. The first-order valence-electron chi connectivity index (χ1n) is 7.58. The lowest BCUT2D eigenvalue weighted by Gasteiger charge is -2.31. The third kappa shape index (κ3) is 3.95. The molecule has 0 spiro atoms. The molecule has 0 bridgehead atoms. The molecule has 124 valence electrons. The zero-order chi connectivity index (χ0) is 16.4. The quantitative estimate of drug-likeness (QED) is 0.917. The van der Waals surface area contributed by atoms with E-state index in [0.717, 1.165) is 22.9 Å². The zero-order valence-corrected chi connectivity index (χ0v) is 14.4. The highest BCUT2D eigenvalue weighted by Crippen LogP contribution is 2.25. The fourth-order valence-electron chi connectivity index (χ4n) is 2.63. The molecule has 1 fully saturated rings. The van der Waals surface area contributed by atoms with Crippen LogP contribution in [0.5, 0.6) is 0 Å². The van der Waals surface area contributed by atoms with E-state index in [1.807, 2.05) is 32.3 Å². The van der Waals surface area contributed by atoms with Gasteiger partial charge in [0.15, 0.2) is 0 Å². The molecule has 0 saturated carbocycles. The van der Waals surface area contributed by atoms with Crippen LogP contribution >= 0.6 is 11.3 Å². The van der Waals surface area contributed by atoms with Gasteiger partial charge >= 0.3 is 0 Å². The molecule has 1 atom stereocenters. The maximum absolute atomic E-state index is 12.2. The topological polar surface area (TPSA) is 72.3 Å². The van der Waals surface area contributed by atoms with E-state index in [1.165, 1.54) is 0 Å². The summed E-state index contributed by atoms with van der Waals surface area (Å²) in [6.07, 6.45) is -0.0470. The van der Waals surface area contributed by atoms with Gasteiger partial charge in [0.2, 0.25) is 5.91 Å². The Kier molecular flexibility index (Phi) is 4.74. The monoisotopic (exact) mass is 335 g/mol. The molecule has 1 unspecified atom stereocenters. The smallest absolute Gasteiger partial charge is 0.239 e. The first-order chi connectivity index (χ1) is 11.0. The van der Waals surface area contributed by atoms with E-state index in [-0.39, 0.29) is 12.0 Å². The molecule has 0 radical (unpaired) electrons. The number of carbonyl (C=O) groups is 1. The molecular weight excluding hydrogens is 314 g/mol. The average molecular weight is 335 g/mol. The van der Waals surface area contributed by atoms with Crippen molar-refractivity contribution in [2.75, 3.05) is 31.6 Å². The van der Waals surface area contributed by atoms with Crippen LogP contribution in [0.4, 0.5) is 5.82 Å². The number of amides is 1.